The number of nitrogens with one attached hydrogen (secondary N) is 3. The maximum Gasteiger partial charge on any atom is 0.280 e. The van der Waals surface area contributed by atoms with Crippen LogP contribution in [0.5, 0.6) is 0 Å². The summed E-state index contributed by atoms with van der Waals surface area (Å²) in [6.45, 7) is 1.49. The highest BCUT2D eigenvalue weighted by atomic mass is 79.9. The van der Waals surface area contributed by atoms with Crippen molar-refractivity contribution in [3.05, 3.63) is 37.3 Å². The largest absolute Gasteiger partial charge is 0.375 e. The molecule has 0 aliphatic heterocycles. The molecule has 0 bridgehead atoms. The van der Waals surface area contributed by atoms with E-state index in [4.69, 9.17) is 5.73 Å². The Morgan fingerprint density at radius 3 is 2.74 bits per heavy atom. The van der Waals surface area contributed by atoms with Crippen LogP contribution in [-0.4, -0.2) is 27.2 Å². The highest BCUT2D eigenvalue weighted by molar-refractivity contribution is 9.11. The topological polar surface area (TPSA) is 114 Å². The third-order valence-electron chi connectivity index (χ3n) is 2.78. The maximum absolute atomic E-state index is 12.6. The molecule has 0 saturated heterocycles. The van der Waals surface area contributed by atoms with Crippen LogP contribution in [0, 0.1) is 6.92 Å². The van der Waals surface area contributed by atoms with Gasteiger partial charge in [-0.3, -0.25) is 20.4 Å². The maximum atomic E-state index is 12.6. The molecule has 0 spiro atoms. The average Bonchev–Trinajstić information content (AvgIpc) is 2.46. The van der Waals surface area contributed by atoms with Crippen LogP contribution in [0.1, 0.15) is 5.82 Å². The van der Waals surface area contributed by atoms with Gasteiger partial charge in [-0.05, 0) is 47.2 Å². The van der Waals surface area contributed by atoms with Crippen molar-refractivity contribution in [2.24, 2.45) is 5.73 Å². The van der Waals surface area contributed by atoms with Gasteiger partial charge in [0.15, 0.2) is 5.11 Å². The molecule has 23 heavy (non-hydrogen) atoms. The number of fused-ring (bicyclic) bond motifs is 1. The number of hydrogen-bond donors (Lipinski definition) is 4. The number of hydrazine groups is 1. The minimum Gasteiger partial charge on any atom is -0.375 e. The zero-order valence-electron chi connectivity index (χ0n) is 11.8. The smallest absolute Gasteiger partial charge is 0.280 e. The third kappa shape index (κ3) is 4.18. The second-order valence-corrected chi connectivity index (χ2v) is 6.67. The molecule has 11 heteroatoms. The molecule has 1 heterocycles. The number of nitrogens with zero attached hydrogens (tertiary/aromatic N) is 2. The molecule has 0 fully saturated rings. The molecule has 0 saturated carbocycles. The molecule has 0 radical (unpaired) electrons. The van der Waals surface area contributed by atoms with E-state index in [-0.39, 0.29) is 17.2 Å². The van der Waals surface area contributed by atoms with Crippen molar-refractivity contribution < 1.29 is 4.79 Å². The van der Waals surface area contributed by atoms with E-state index in [0.717, 1.165) is 4.47 Å². The first kappa shape index (κ1) is 17.6. The van der Waals surface area contributed by atoms with Crippen molar-refractivity contribution in [3.63, 3.8) is 0 Å². The van der Waals surface area contributed by atoms with E-state index in [1.165, 1.54) is 4.68 Å². The SMILES string of the molecule is Cc1nc2c(Br)cc(Br)cc2c(=O)n1NCC(=O)NNC(N)=S. The number of rotatable bonds is 3. The fraction of sp³-hybridized carbons (Fsp3) is 0.167. The number of aromatic nitrogens is 2. The van der Waals surface area contributed by atoms with Crippen molar-refractivity contribution in [1.29, 1.82) is 0 Å². The van der Waals surface area contributed by atoms with E-state index in [1.807, 2.05) is 0 Å². The summed E-state index contributed by atoms with van der Waals surface area (Å²) in [5, 5.41) is 0.347. The molecule has 1 aromatic heterocycles. The number of halogens is 2. The zero-order valence-corrected chi connectivity index (χ0v) is 15.8. The van der Waals surface area contributed by atoms with Crippen LogP contribution in [0.15, 0.2) is 25.9 Å². The number of carbonyl (C=O) groups is 1. The number of thiocarbonyl (C=S) groups is 1. The summed E-state index contributed by atoms with van der Waals surface area (Å²) in [6, 6.07) is 3.47. The van der Waals surface area contributed by atoms with Gasteiger partial charge in [0, 0.05) is 8.95 Å². The van der Waals surface area contributed by atoms with Crippen LogP contribution in [0.3, 0.4) is 0 Å². The zero-order chi connectivity index (χ0) is 17.1. The molecular weight excluding hydrogens is 452 g/mol. The normalized spacial score (nSPS) is 10.4. The monoisotopic (exact) mass is 462 g/mol. The summed E-state index contributed by atoms with van der Waals surface area (Å²) >= 11 is 11.3. The highest BCUT2D eigenvalue weighted by Gasteiger charge is 2.12. The van der Waals surface area contributed by atoms with Crippen LogP contribution in [0.4, 0.5) is 0 Å². The molecule has 2 rings (SSSR count). The van der Waals surface area contributed by atoms with Crippen molar-refractivity contribution in [1.82, 2.24) is 20.5 Å². The molecular formula is C12H12Br2N6O2S. The Kier molecular flexibility index (Phi) is 5.55. The van der Waals surface area contributed by atoms with Gasteiger partial charge in [-0.2, -0.15) is 0 Å². The lowest BCUT2D eigenvalue weighted by molar-refractivity contribution is -0.120. The summed E-state index contributed by atoms with van der Waals surface area (Å²) in [6.07, 6.45) is 0. The second kappa shape index (κ2) is 7.23. The number of nitrogens with two attached hydrogens (primary N) is 1. The standard InChI is InChI=1S/C12H12Br2N6O2S/c1-5-17-10-7(2-6(13)3-8(10)14)11(22)20(5)16-4-9(21)18-19-12(15)23/h2-3,16H,4H2,1H3,(H,18,21)(H3,15,19,23). The van der Waals surface area contributed by atoms with Crippen LogP contribution >= 0.6 is 44.1 Å². The fourth-order valence-corrected chi connectivity index (χ4v) is 3.20. The molecule has 1 amide bonds. The van der Waals surface area contributed by atoms with Crippen LogP contribution in [0.25, 0.3) is 10.9 Å². The van der Waals surface area contributed by atoms with Crippen LogP contribution in [0.2, 0.25) is 0 Å². The lowest BCUT2D eigenvalue weighted by Gasteiger charge is -2.14. The molecule has 122 valence electrons. The fourth-order valence-electron chi connectivity index (χ4n) is 1.83. The second-order valence-electron chi connectivity index (χ2n) is 4.46. The van der Waals surface area contributed by atoms with Crippen molar-refractivity contribution in [2.75, 3.05) is 12.0 Å². The van der Waals surface area contributed by atoms with Gasteiger partial charge < -0.3 is 11.2 Å². The molecule has 1 aromatic carbocycles. The van der Waals surface area contributed by atoms with Crippen molar-refractivity contribution >= 4 is 66.0 Å². The Morgan fingerprint density at radius 1 is 1.39 bits per heavy atom. The first-order valence-corrected chi connectivity index (χ1v) is 8.25. The van der Waals surface area contributed by atoms with E-state index >= 15 is 0 Å². The number of benzene rings is 1. The number of carbonyl (C=O) groups excluding carboxylic acids is 1. The summed E-state index contributed by atoms with van der Waals surface area (Å²) in [4.78, 5) is 28.6. The van der Waals surface area contributed by atoms with Crippen molar-refractivity contribution in [3.8, 4) is 0 Å². The van der Waals surface area contributed by atoms with Gasteiger partial charge in [0.25, 0.3) is 11.5 Å². The Balaban J connectivity index is 2.29. The highest BCUT2D eigenvalue weighted by Crippen LogP contribution is 2.25. The minimum atomic E-state index is -0.445. The lowest BCUT2D eigenvalue weighted by atomic mass is 10.2. The van der Waals surface area contributed by atoms with E-state index < -0.39 is 5.91 Å². The summed E-state index contributed by atoms with van der Waals surface area (Å²) < 4.78 is 2.65. The Morgan fingerprint density at radius 2 is 2.09 bits per heavy atom. The summed E-state index contributed by atoms with van der Waals surface area (Å²) in [7, 11) is 0. The average molecular weight is 464 g/mol. The Labute approximate surface area is 153 Å². The summed E-state index contributed by atoms with van der Waals surface area (Å²) in [5.41, 5.74) is 12.7. The van der Waals surface area contributed by atoms with E-state index in [2.05, 4.69) is 65.3 Å². The van der Waals surface area contributed by atoms with Crippen molar-refractivity contribution in [2.45, 2.75) is 6.92 Å². The Hall–Kier alpha value is -1.72. The predicted molar refractivity (Wildman–Crippen MR) is 98.4 cm³/mol. The van der Waals surface area contributed by atoms with Gasteiger partial charge in [-0.25, -0.2) is 9.66 Å². The van der Waals surface area contributed by atoms with Gasteiger partial charge in [-0.15, -0.1) is 0 Å². The van der Waals surface area contributed by atoms with Crippen LogP contribution < -0.4 is 27.6 Å². The molecule has 0 atom stereocenters. The molecule has 8 nitrogen and oxygen atoms in total. The molecule has 0 aliphatic carbocycles. The quantitative estimate of drug-likeness (QED) is 0.390. The predicted octanol–water partition coefficient (Wildman–Crippen LogP) is 0.638. The van der Waals surface area contributed by atoms with E-state index in [1.54, 1.807) is 19.1 Å². The Bertz CT molecular complexity index is 854. The number of hydrogen-bond acceptors (Lipinski definition) is 5. The third-order valence-corrected chi connectivity index (χ3v) is 3.95. The van der Waals surface area contributed by atoms with Gasteiger partial charge in [0.05, 0.1) is 10.9 Å². The molecule has 2 aromatic rings. The minimum absolute atomic E-state index is 0.0613. The summed E-state index contributed by atoms with van der Waals surface area (Å²) in [5.74, 6) is -0.0275. The van der Waals surface area contributed by atoms with E-state index in [0.29, 0.717) is 21.2 Å². The number of amides is 1. The van der Waals surface area contributed by atoms with Gasteiger partial charge in [0.1, 0.15) is 12.4 Å². The van der Waals surface area contributed by atoms with Gasteiger partial charge >= 0.3 is 0 Å². The lowest BCUT2D eigenvalue weighted by Crippen LogP contribution is -2.48. The molecule has 0 unspecified atom stereocenters. The van der Waals surface area contributed by atoms with Gasteiger partial charge in [-0.1, -0.05) is 15.9 Å². The van der Waals surface area contributed by atoms with E-state index in [9.17, 15) is 9.59 Å². The first-order valence-electron chi connectivity index (χ1n) is 6.26. The molecule has 0 aliphatic rings. The molecule has 5 N–H and O–H groups in total. The first-order chi connectivity index (χ1) is 10.8. The van der Waals surface area contributed by atoms with Gasteiger partial charge in [0.2, 0.25) is 0 Å². The number of aryl methyl sites for hydroxylation is 1. The van der Waals surface area contributed by atoms with Crippen LogP contribution in [-0.2, 0) is 4.79 Å².